The molecule has 0 aromatic heterocycles. The summed E-state index contributed by atoms with van der Waals surface area (Å²) in [6.45, 7) is 5.29. The van der Waals surface area contributed by atoms with E-state index in [1.54, 1.807) is 50.2 Å². The molecule has 2 aromatic carbocycles. The highest BCUT2D eigenvalue weighted by Crippen LogP contribution is 2.25. The van der Waals surface area contributed by atoms with E-state index in [-0.39, 0.29) is 6.42 Å². The first-order valence-electron chi connectivity index (χ1n) is 9.15. The van der Waals surface area contributed by atoms with Crippen LogP contribution in [-0.2, 0) is 19.6 Å². The van der Waals surface area contributed by atoms with Crippen LogP contribution in [0.1, 0.15) is 34.8 Å². The van der Waals surface area contributed by atoms with Crippen molar-refractivity contribution in [3.8, 4) is 0 Å². The summed E-state index contributed by atoms with van der Waals surface area (Å²) in [5, 5.41) is 2.76. The fraction of sp³-hybridized carbons (Fsp3) is 0.333. The zero-order valence-electron chi connectivity index (χ0n) is 17.2. The van der Waals surface area contributed by atoms with Crippen LogP contribution in [0.5, 0.6) is 0 Å². The van der Waals surface area contributed by atoms with Crippen molar-refractivity contribution in [3.63, 3.8) is 0 Å². The molecule has 1 N–H and O–H groups in total. The van der Waals surface area contributed by atoms with E-state index >= 15 is 0 Å². The Labute approximate surface area is 171 Å². The van der Waals surface area contributed by atoms with Crippen LogP contribution in [-0.4, -0.2) is 39.7 Å². The van der Waals surface area contributed by atoms with Crippen molar-refractivity contribution >= 4 is 33.3 Å². The molecule has 0 aliphatic carbocycles. The van der Waals surface area contributed by atoms with E-state index in [2.05, 4.69) is 5.32 Å². The summed E-state index contributed by atoms with van der Waals surface area (Å²) in [4.78, 5) is 25.0. The van der Waals surface area contributed by atoms with Gasteiger partial charge in [-0.1, -0.05) is 25.1 Å². The average Bonchev–Trinajstić information content (AvgIpc) is 2.65. The van der Waals surface area contributed by atoms with E-state index in [9.17, 15) is 18.0 Å². The minimum atomic E-state index is -3.72. The van der Waals surface area contributed by atoms with Gasteiger partial charge in [0.15, 0.2) is 0 Å². The predicted molar refractivity (Wildman–Crippen MR) is 114 cm³/mol. The van der Waals surface area contributed by atoms with Crippen LogP contribution in [0.3, 0.4) is 0 Å². The maximum absolute atomic E-state index is 13.1. The molecule has 0 heterocycles. The number of benzene rings is 2. The molecular weight excluding hydrogens is 392 g/mol. The van der Waals surface area contributed by atoms with Gasteiger partial charge in [-0.15, -0.1) is 0 Å². The first-order chi connectivity index (χ1) is 13.6. The van der Waals surface area contributed by atoms with Crippen molar-refractivity contribution in [3.05, 3.63) is 59.2 Å². The summed E-state index contributed by atoms with van der Waals surface area (Å²) in [5.74, 6) is -0.993. The van der Waals surface area contributed by atoms with Gasteiger partial charge in [0, 0.05) is 5.69 Å². The summed E-state index contributed by atoms with van der Waals surface area (Å²) < 4.78 is 31.0. The number of nitrogens with one attached hydrogen (secondary N) is 1. The second kappa shape index (κ2) is 9.09. The number of hydrogen-bond acceptors (Lipinski definition) is 5. The summed E-state index contributed by atoms with van der Waals surface area (Å²) in [5.41, 5.74) is 2.61. The topological polar surface area (TPSA) is 92.8 Å². The fourth-order valence-electron chi connectivity index (χ4n) is 3.14. The third-order valence-corrected chi connectivity index (χ3v) is 5.76. The molecule has 8 heteroatoms. The SMILES string of the molecule is CC[C@H](C(=O)Nc1cccc(C(=O)OC)c1C)N(c1cccc(C)c1)S(C)(=O)=O. The Morgan fingerprint density at radius 2 is 1.79 bits per heavy atom. The third-order valence-electron chi connectivity index (χ3n) is 4.58. The molecule has 2 aromatic rings. The zero-order valence-corrected chi connectivity index (χ0v) is 18.0. The standard InChI is InChI=1S/C21H26N2O5S/c1-6-19(23(29(5,26)27)16-10-7-9-14(2)13-16)20(24)22-18-12-8-11-17(15(18)3)21(25)28-4/h7-13,19H,6H2,1-5H3,(H,22,24)/t19-/m1/s1. The highest BCUT2D eigenvalue weighted by molar-refractivity contribution is 7.92. The maximum Gasteiger partial charge on any atom is 0.338 e. The largest absolute Gasteiger partial charge is 0.465 e. The smallest absolute Gasteiger partial charge is 0.338 e. The van der Waals surface area contributed by atoms with E-state index in [0.717, 1.165) is 16.1 Å². The molecule has 0 fully saturated rings. The van der Waals surface area contributed by atoms with Crippen LogP contribution in [0.2, 0.25) is 0 Å². The number of hydrogen-bond donors (Lipinski definition) is 1. The van der Waals surface area contributed by atoms with Gasteiger partial charge in [0.25, 0.3) is 0 Å². The lowest BCUT2D eigenvalue weighted by molar-refractivity contribution is -0.117. The lowest BCUT2D eigenvalue weighted by atomic mass is 10.1. The summed E-state index contributed by atoms with van der Waals surface area (Å²) >= 11 is 0. The molecule has 0 unspecified atom stereocenters. The first kappa shape index (κ1) is 22.4. The number of esters is 1. The highest BCUT2D eigenvalue weighted by Gasteiger charge is 2.32. The number of sulfonamides is 1. The van der Waals surface area contributed by atoms with Gasteiger partial charge in [0.1, 0.15) is 6.04 Å². The number of ether oxygens (including phenoxy) is 1. The Bertz CT molecular complexity index is 1020. The highest BCUT2D eigenvalue weighted by atomic mass is 32.2. The molecule has 0 aliphatic heterocycles. The average molecular weight is 419 g/mol. The number of methoxy groups -OCH3 is 1. The van der Waals surface area contributed by atoms with Crippen molar-refractivity contribution in [2.24, 2.45) is 0 Å². The number of amides is 1. The van der Waals surface area contributed by atoms with Crippen molar-refractivity contribution in [2.75, 3.05) is 23.0 Å². The molecule has 156 valence electrons. The first-order valence-corrected chi connectivity index (χ1v) is 11.0. The molecule has 1 atom stereocenters. The minimum absolute atomic E-state index is 0.266. The second-order valence-electron chi connectivity index (χ2n) is 6.78. The third kappa shape index (κ3) is 5.14. The number of anilines is 2. The Hall–Kier alpha value is -2.87. The molecule has 29 heavy (non-hydrogen) atoms. The zero-order chi connectivity index (χ0) is 21.8. The monoisotopic (exact) mass is 418 g/mol. The van der Waals surface area contributed by atoms with E-state index in [1.165, 1.54) is 7.11 Å². The quantitative estimate of drug-likeness (QED) is 0.697. The second-order valence-corrected chi connectivity index (χ2v) is 8.64. The minimum Gasteiger partial charge on any atom is -0.465 e. The number of nitrogens with zero attached hydrogens (tertiary/aromatic N) is 1. The molecule has 1 amide bonds. The molecule has 0 aliphatic rings. The molecule has 0 spiro atoms. The van der Waals surface area contributed by atoms with Gasteiger partial charge in [-0.2, -0.15) is 0 Å². The Kier molecular flexibility index (Phi) is 7.02. The fourth-order valence-corrected chi connectivity index (χ4v) is 4.35. The van der Waals surface area contributed by atoms with Crippen LogP contribution >= 0.6 is 0 Å². The van der Waals surface area contributed by atoms with Gasteiger partial charge in [-0.3, -0.25) is 9.10 Å². The molecule has 0 saturated heterocycles. The molecule has 0 radical (unpaired) electrons. The summed E-state index contributed by atoms with van der Waals surface area (Å²) in [6.07, 6.45) is 1.34. The molecule has 7 nitrogen and oxygen atoms in total. The van der Waals surface area contributed by atoms with Gasteiger partial charge in [-0.25, -0.2) is 13.2 Å². The number of carbonyl (C=O) groups is 2. The molecular formula is C21H26N2O5S. The molecule has 0 saturated carbocycles. The summed E-state index contributed by atoms with van der Waals surface area (Å²) in [6, 6.07) is 10.9. The van der Waals surface area contributed by atoms with Gasteiger partial charge >= 0.3 is 5.97 Å². The summed E-state index contributed by atoms with van der Waals surface area (Å²) in [7, 11) is -2.44. The normalized spacial score (nSPS) is 12.2. The van der Waals surface area contributed by atoms with E-state index in [1.807, 2.05) is 13.0 Å². The van der Waals surface area contributed by atoms with E-state index < -0.39 is 27.9 Å². The van der Waals surface area contributed by atoms with Gasteiger partial charge in [-0.05, 0) is 55.7 Å². The molecule has 2 rings (SSSR count). The maximum atomic E-state index is 13.1. The van der Waals surface area contributed by atoms with Crippen molar-refractivity contribution < 1.29 is 22.7 Å². The van der Waals surface area contributed by atoms with Gasteiger partial charge in [0.05, 0.1) is 24.6 Å². The van der Waals surface area contributed by atoms with Crippen molar-refractivity contribution in [1.29, 1.82) is 0 Å². The van der Waals surface area contributed by atoms with Gasteiger partial charge < -0.3 is 10.1 Å². The predicted octanol–water partition coefficient (Wildman–Crippen LogP) is 3.27. The Morgan fingerprint density at radius 1 is 1.14 bits per heavy atom. The Balaban J connectivity index is 2.42. The van der Waals surface area contributed by atoms with Crippen LogP contribution in [0.15, 0.2) is 42.5 Å². The van der Waals surface area contributed by atoms with E-state index in [0.29, 0.717) is 22.5 Å². The van der Waals surface area contributed by atoms with Gasteiger partial charge in [0.2, 0.25) is 15.9 Å². The van der Waals surface area contributed by atoms with E-state index in [4.69, 9.17) is 4.74 Å². The van der Waals surface area contributed by atoms with Crippen LogP contribution in [0.4, 0.5) is 11.4 Å². The number of aryl methyl sites for hydroxylation is 1. The number of carbonyl (C=O) groups excluding carboxylic acids is 2. The Morgan fingerprint density at radius 3 is 2.34 bits per heavy atom. The van der Waals surface area contributed by atoms with Crippen molar-refractivity contribution in [2.45, 2.75) is 33.2 Å². The lowest BCUT2D eigenvalue weighted by Crippen LogP contribution is -2.47. The number of rotatable bonds is 7. The lowest BCUT2D eigenvalue weighted by Gasteiger charge is -2.30. The van der Waals surface area contributed by atoms with Crippen LogP contribution < -0.4 is 9.62 Å². The van der Waals surface area contributed by atoms with Crippen LogP contribution in [0, 0.1) is 13.8 Å². The molecule has 0 bridgehead atoms. The van der Waals surface area contributed by atoms with Crippen molar-refractivity contribution in [1.82, 2.24) is 0 Å². The van der Waals surface area contributed by atoms with Crippen LogP contribution in [0.25, 0.3) is 0 Å².